The summed E-state index contributed by atoms with van der Waals surface area (Å²) < 4.78 is 0.912. The van der Waals surface area contributed by atoms with Crippen LogP contribution in [0.5, 0.6) is 0 Å². The first-order valence-corrected chi connectivity index (χ1v) is 7.47. The van der Waals surface area contributed by atoms with E-state index in [0.717, 1.165) is 36.2 Å². The monoisotopic (exact) mass is 335 g/mol. The molecule has 1 aliphatic heterocycles. The third-order valence-corrected chi connectivity index (χ3v) is 4.25. The van der Waals surface area contributed by atoms with Gasteiger partial charge >= 0.3 is 0 Å². The lowest BCUT2D eigenvalue weighted by atomic mass is 10.1. The Kier molecular flexibility index (Phi) is 4.66. The number of carbonyl (C=O) groups is 1. The standard InChI is InChI=1S/C15H18BrN3O/c1-11(20)19-6-5-12(10-19)9-18(2)15-4-3-14(16)7-13(15)8-17/h3-4,7,12H,5-6,9-10H2,1-2H3/t12-/m1/s1. The van der Waals surface area contributed by atoms with Crippen LogP contribution in [0.1, 0.15) is 18.9 Å². The van der Waals surface area contributed by atoms with Gasteiger partial charge in [0, 0.05) is 38.1 Å². The number of nitriles is 1. The Hall–Kier alpha value is -1.54. The first-order valence-electron chi connectivity index (χ1n) is 6.67. The topological polar surface area (TPSA) is 47.3 Å². The summed E-state index contributed by atoms with van der Waals surface area (Å²) in [5.41, 5.74) is 1.61. The number of benzene rings is 1. The van der Waals surface area contributed by atoms with Gasteiger partial charge in [-0.25, -0.2) is 0 Å². The van der Waals surface area contributed by atoms with Crippen LogP contribution in [0.25, 0.3) is 0 Å². The average Bonchev–Trinajstić information content (AvgIpc) is 2.87. The molecule has 2 rings (SSSR count). The van der Waals surface area contributed by atoms with E-state index in [1.54, 1.807) is 6.92 Å². The molecule has 20 heavy (non-hydrogen) atoms. The number of carbonyl (C=O) groups excluding carboxylic acids is 1. The lowest BCUT2D eigenvalue weighted by Gasteiger charge is -2.24. The zero-order chi connectivity index (χ0) is 14.7. The molecule has 106 valence electrons. The Morgan fingerprint density at radius 2 is 2.35 bits per heavy atom. The molecular weight excluding hydrogens is 318 g/mol. The largest absolute Gasteiger partial charge is 0.373 e. The van der Waals surface area contributed by atoms with Gasteiger partial charge in [-0.2, -0.15) is 5.26 Å². The lowest BCUT2D eigenvalue weighted by Crippen LogP contribution is -2.30. The molecule has 0 aromatic heterocycles. The highest BCUT2D eigenvalue weighted by Crippen LogP contribution is 2.25. The number of nitrogens with zero attached hydrogens (tertiary/aromatic N) is 3. The van der Waals surface area contributed by atoms with Gasteiger partial charge in [0.15, 0.2) is 0 Å². The summed E-state index contributed by atoms with van der Waals surface area (Å²) in [4.78, 5) is 15.4. The van der Waals surface area contributed by atoms with Crippen LogP contribution in [-0.4, -0.2) is 37.5 Å². The molecule has 0 radical (unpaired) electrons. The van der Waals surface area contributed by atoms with E-state index in [4.69, 9.17) is 0 Å². The fraction of sp³-hybridized carbons (Fsp3) is 0.467. The molecule has 1 aromatic rings. The summed E-state index contributed by atoms with van der Waals surface area (Å²) in [6.45, 7) is 4.14. The second kappa shape index (κ2) is 6.27. The first kappa shape index (κ1) is 14.9. The van der Waals surface area contributed by atoms with Gasteiger partial charge in [-0.15, -0.1) is 0 Å². The Labute approximate surface area is 128 Å². The minimum absolute atomic E-state index is 0.150. The van der Waals surface area contributed by atoms with E-state index in [1.165, 1.54) is 0 Å². The van der Waals surface area contributed by atoms with Crippen molar-refractivity contribution in [3.05, 3.63) is 28.2 Å². The maximum atomic E-state index is 11.3. The van der Waals surface area contributed by atoms with Gasteiger partial charge in [0.2, 0.25) is 5.91 Å². The normalized spacial score (nSPS) is 17.9. The highest BCUT2D eigenvalue weighted by molar-refractivity contribution is 9.10. The van der Waals surface area contributed by atoms with Gasteiger partial charge in [-0.3, -0.25) is 4.79 Å². The minimum atomic E-state index is 0.150. The lowest BCUT2D eigenvalue weighted by molar-refractivity contribution is -0.127. The van der Waals surface area contributed by atoms with E-state index in [-0.39, 0.29) is 5.91 Å². The molecule has 0 spiro atoms. The SMILES string of the molecule is CC(=O)N1CC[C@H](CN(C)c2ccc(Br)cc2C#N)C1. The fourth-order valence-corrected chi connectivity index (χ4v) is 3.05. The predicted molar refractivity (Wildman–Crippen MR) is 82.5 cm³/mol. The Bertz CT molecular complexity index is 553. The third-order valence-electron chi connectivity index (χ3n) is 3.75. The Morgan fingerprint density at radius 3 is 2.95 bits per heavy atom. The molecule has 1 aliphatic rings. The van der Waals surface area contributed by atoms with Crippen molar-refractivity contribution in [3.63, 3.8) is 0 Å². The van der Waals surface area contributed by atoms with Gasteiger partial charge in [0.25, 0.3) is 0 Å². The summed E-state index contributed by atoms with van der Waals surface area (Å²) in [6, 6.07) is 7.97. The Morgan fingerprint density at radius 1 is 1.60 bits per heavy atom. The molecule has 1 heterocycles. The summed E-state index contributed by atoms with van der Waals surface area (Å²) in [7, 11) is 2.00. The molecule has 1 saturated heterocycles. The summed E-state index contributed by atoms with van der Waals surface area (Å²) in [5, 5.41) is 9.22. The van der Waals surface area contributed by atoms with Crippen LogP contribution in [0.2, 0.25) is 0 Å². The summed E-state index contributed by atoms with van der Waals surface area (Å²) in [5.74, 6) is 0.621. The number of anilines is 1. The molecule has 0 aliphatic carbocycles. The van der Waals surface area contributed by atoms with Crippen LogP contribution in [0.3, 0.4) is 0 Å². The molecule has 4 nitrogen and oxygen atoms in total. The van der Waals surface area contributed by atoms with Crippen LogP contribution in [0.15, 0.2) is 22.7 Å². The van der Waals surface area contributed by atoms with Crippen molar-refractivity contribution in [1.29, 1.82) is 5.26 Å². The van der Waals surface area contributed by atoms with E-state index in [2.05, 4.69) is 26.9 Å². The van der Waals surface area contributed by atoms with Crippen molar-refractivity contribution < 1.29 is 4.79 Å². The van der Waals surface area contributed by atoms with Crippen LogP contribution >= 0.6 is 15.9 Å². The second-order valence-corrected chi connectivity index (χ2v) is 6.19. The van der Waals surface area contributed by atoms with Crippen LogP contribution in [-0.2, 0) is 4.79 Å². The quantitative estimate of drug-likeness (QED) is 0.853. The maximum Gasteiger partial charge on any atom is 0.219 e. The van der Waals surface area contributed by atoms with Gasteiger partial charge in [0.05, 0.1) is 11.3 Å². The number of halogens is 1. The fourth-order valence-electron chi connectivity index (χ4n) is 2.68. The van der Waals surface area contributed by atoms with Crippen LogP contribution in [0.4, 0.5) is 5.69 Å². The zero-order valence-corrected chi connectivity index (χ0v) is 13.4. The van der Waals surface area contributed by atoms with Crippen molar-refractivity contribution in [3.8, 4) is 6.07 Å². The molecule has 1 aromatic carbocycles. The van der Waals surface area contributed by atoms with E-state index < -0.39 is 0 Å². The van der Waals surface area contributed by atoms with Crippen molar-refractivity contribution in [2.24, 2.45) is 5.92 Å². The molecular formula is C15H18BrN3O. The molecule has 0 N–H and O–H groups in total. The van der Waals surface area contributed by atoms with E-state index in [9.17, 15) is 10.1 Å². The number of hydrogen-bond donors (Lipinski definition) is 0. The molecule has 0 bridgehead atoms. The third kappa shape index (κ3) is 3.31. The summed E-state index contributed by atoms with van der Waals surface area (Å²) >= 11 is 3.38. The van der Waals surface area contributed by atoms with Gasteiger partial charge < -0.3 is 9.80 Å². The minimum Gasteiger partial charge on any atom is -0.373 e. The van der Waals surface area contributed by atoms with Crippen molar-refractivity contribution >= 4 is 27.5 Å². The van der Waals surface area contributed by atoms with Crippen molar-refractivity contribution in [2.75, 3.05) is 31.6 Å². The Balaban J connectivity index is 2.04. The molecule has 0 unspecified atom stereocenters. The van der Waals surface area contributed by atoms with Crippen LogP contribution < -0.4 is 4.90 Å². The maximum absolute atomic E-state index is 11.3. The molecule has 5 heteroatoms. The van der Waals surface area contributed by atoms with E-state index in [0.29, 0.717) is 11.5 Å². The highest BCUT2D eigenvalue weighted by Gasteiger charge is 2.25. The molecule has 1 amide bonds. The molecule has 1 fully saturated rings. The number of hydrogen-bond acceptors (Lipinski definition) is 3. The van der Waals surface area contributed by atoms with Crippen molar-refractivity contribution in [2.45, 2.75) is 13.3 Å². The number of likely N-dealkylation sites (tertiary alicyclic amines) is 1. The second-order valence-electron chi connectivity index (χ2n) is 5.27. The number of amides is 1. The average molecular weight is 336 g/mol. The van der Waals surface area contributed by atoms with Crippen LogP contribution in [0, 0.1) is 17.2 Å². The molecule has 1 atom stereocenters. The predicted octanol–water partition coefficient (Wildman–Crippen LogP) is 2.63. The smallest absolute Gasteiger partial charge is 0.219 e. The van der Waals surface area contributed by atoms with Gasteiger partial charge in [-0.1, -0.05) is 15.9 Å². The van der Waals surface area contributed by atoms with E-state index >= 15 is 0 Å². The summed E-state index contributed by atoms with van der Waals surface area (Å²) in [6.07, 6.45) is 1.03. The first-order chi connectivity index (χ1) is 9.51. The number of rotatable bonds is 3. The van der Waals surface area contributed by atoms with Gasteiger partial charge in [-0.05, 0) is 30.5 Å². The highest BCUT2D eigenvalue weighted by atomic mass is 79.9. The van der Waals surface area contributed by atoms with Gasteiger partial charge in [0.1, 0.15) is 6.07 Å². The molecule has 0 saturated carbocycles. The zero-order valence-electron chi connectivity index (χ0n) is 11.8. The van der Waals surface area contributed by atoms with E-state index in [1.807, 2.05) is 30.1 Å². The van der Waals surface area contributed by atoms with Crippen molar-refractivity contribution in [1.82, 2.24) is 4.90 Å².